The van der Waals surface area contributed by atoms with E-state index in [1.165, 1.54) is 7.05 Å². The first-order chi connectivity index (χ1) is 6.59. The van der Waals surface area contributed by atoms with Crippen molar-refractivity contribution >= 4 is 11.8 Å². The van der Waals surface area contributed by atoms with Crippen LogP contribution in [0.3, 0.4) is 0 Å². The number of amides is 1. The Hall–Kier alpha value is -1.75. The van der Waals surface area contributed by atoms with Crippen LogP contribution in [0.15, 0.2) is 24.3 Å². The molecule has 1 amide bonds. The lowest BCUT2D eigenvalue weighted by molar-refractivity contribution is 0.105. The standard InChI is InChI=1S/C9H13N3O2/c1-12(11)9(13)14-6-7-2-4-8(10)5-3-7/h2-5H,6,10-11H2,1H3. The number of carbonyl (C=O) groups is 1. The molecule has 0 unspecified atom stereocenters. The number of rotatable bonds is 2. The van der Waals surface area contributed by atoms with Gasteiger partial charge in [0.1, 0.15) is 6.61 Å². The molecule has 0 atom stereocenters. The summed E-state index contributed by atoms with van der Waals surface area (Å²) in [7, 11) is 1.42. The van der Waals surface area contributed by atoms with Crippen LogP contribution in [-0.4, -0.2) is 18.1 Å². The summed E-state index contributed by atoms with van der Waals surface area (Å²) in [5.41, 5.74) is 7.04. The topological polar surface area (TPSA) is 81.6 Å². The number of hydrogen-bond acceptors (Lipinski definition) is 4. The Balaban J connectivity index is 2.46. The van der Waals surface area contributed by atoms with Crippen LogP contribution in [0.1, 0.15) is 5.56 Å². The predicted molar refractivity (Wildman–Crippen MR) is 53.0 cm³/mol. The van der Waals surface area contributed by atoms with Gasteiger partial charge < -0.3 is 10.5 Å². The number of anilines is 1. The summed E-state index contributed by atoms with van der Waals surface area (Å²) in [6.07, 6.45) is -0.568. The second kappa shape index (κ2) is 4.48. The van der Waals surface area contributed by atoms with Crippen LogP contribution in [0.2, 0.25) is 0 Å². The molecule has 0 radical (unpaired) electrons. The number of benzene rings is 1. The summed E-state index contributed by atoms with van der Waals surface area (Å²) in [5.74, 6) is 5.16. The lowest BCUT2D eigenvalue weighted by atomic mass is 10.2. The fourth-order valence-corrected chi connectivity index (χ4v) is 0.861. The molecule has 1 aromatic carbocycles. The molecule has 5 nitrogen and oxygen atoms in total. The van der Waals surface area contributed by atoms with Crippen LogP contribution in [-0.2, 0) is 11.3 Å². The van der Waals surface area contributed by atoms with E-state index in [4.69, 9.17) is 16.3 Å². The number of nitrogen functional groups attached to an aromatic ring is 1. The molecule has 0 saturated heterocycles. The second-order valence-corrected chi connectivity index (χ2v) is 2.91. The maximum absolute atomic E-state index is 10.9. The van der Waals surface area contributed by atoms with Crippen LogP contribution in [0.25, 0.3) is 0 Å². The fraction of sp³-hybridized carbons (Fsp3) is 0.222. The van der Waals surface area contributed by atoms with Crippen molar-refractivity contribution < 1.29 is 9.53 Å². The van der Waals surface area contributed by atoms with Gasteiger partial charge >= 0.3 is 6.09 Å². The molecular weight excluding hydrogens is 182 g/mol. The van der Waals surface area contributed by atoms with Crippen molar-refractivity contribution in [3.8, 4) is 0 Å². The molecule has 1 rings (SSSR count). The molecule has 5 heteroatoms. The highest BCUT2D eigenvalue weighted by molar-refractivity contribution is 5.66. The summed E-state index contributed by atoms with van der Waals surface area (Å²) in [6.45, 7) is 0.195. The van der Waals surface area contributed by atoms with Crippen molar-refractivity contribution in [2.75, 3.05) is 12.8 Å². The van der Waals surface area contributed by atoms with E-state index < -0.39 is 6.09 Å². The normalized spacial score (nSPS) is 9.57. The molecule has 0 aliphatic heterocycles. The van der Waals surface area contributed by atoms with Gasteiger partial charge in [-0.15, -0.1) is 0 Å². The maximum Gasteiger partial charge on any atom is 0.424 e. The zero-order valence-electron chi connectivity index (χ0n) is 7.93. The van der Waals surface area contributed by atoms with E-state index in [0.717, 1.165) is 10.6 Å². The lowest BCUT2D eigenvalue weighted by Crippen LogP contribution is -2.33. The van der Waals surface area contributed by atoms with Gasteiger partial charge in [-0.2, -0.15) is 0 Å². The minimum Gasteiger partial charge on any atom is -0.444 e. The molecular formula is C9H13N3O2. The van der Waals surface area contributed by atoms with E-state index in [9.17, 15) is 4.79 Å². The van der Waals surface area contributed by atoms with Gasteiger partial charge in [0.05, 0.1) is 0 Å². The van der Waals surface area contributed by atoms with Crippen molar-refractivity contribution in [2.24, 2.45) is 5.84 Å². The zero-order valence-corrected chi connectivity index (χ0v) is 7.93. The average Bonchev–Trinajstić information content (AvgIpc) is 2.16. The molecule has 0 aliphatic rings. The van der Waals surface area contributed by atoms with Gasteiger partial charge in [-0.05, 0) is 17.7 Å². The first-order valence-electron chi connectivity index (χ1n) is 4.09. The minimum atomic E-state index is -0.568. The largest absolute Gasteiger partial charge is 0.444 e. The highest BCUT2D eigenvalue weighted by Crippen LogP contribution is 2.06. The van der Waals surface area contributed by atoms with Crippen LogP contribution in [0, 0.1) is 0 Å². The van der Waals surface area contributed by atoms with Crippen molar-refractivity contribution in [3.05, 3.63) is 29.8 Å². The molecule has 0 saturated carbocycles. The SMILES string of the molecule is CN(N)C(=O)OCc1ccc(N)cc1. The van der Waals surface area contributed by atoms with Crippen LogP contribution in [0.5, 0.6) is 0 Å². The van der Waals surface area contributed by atoms with Crippen LogP contribution in [0.4, 0.5) is 10.5 Å². The number of hydrogen-bond donors (Lipinski definition) is 2. The first-order valence-corrected chi connectivity index (χ1v) is 4.09. The van der Waals surface area contributed by atoms with E-state index in [0.29, 0.717) is 5.69 Å². The number of ether oxygens (including phenoxy) is 1. The Labute approximate surface area is 82.2 Å². The van der Waals surface area contributed by atoms with E-state index in [1.54, 1.807) is 24.3 Å². The highest BCUT2D eigenvalue weighted by Gasteiger charge is 2.04. The Bertz CT molecular complexity index is 308. The highest BCUT2D eigenvalue weighted by atomic mass is 16.6. The Morgan fingerprint density at radius 3 is 2.50 bits per heavy atom. The summed E-state index contributed by atoms with van der Waals surface area (Å²) in [6, 6.07) is 7.07. The van der Waals surface area contributed by atoms with E-state index in [-0.39, 0.29) is 6.61 Å². The molecule has 1 aromatic rings. The van der Waals surface area contributed by atoms with Crippen molar-refractivity contribution in [1.82, 2.24) is 5.01 Å². The van der Waals surface area contributed by atoms with E-state index in [1.807, 2.05) is 0 Å². The Morgan fingerprint density at radius 2 is 2.00 bits per heavy atom. The van der Waals surface area contributed by atoms with Crippen LogP contribution < -0.4 is 11.6 Å². The Kier molecular flexibility index (Phi) is 3.30. The summed E-state index contributed by atoms with van der Waals surface area (Å²) >= 11 is 0. The third kappa shape index (κ3) is 2.95. The van der Waals surface area contributed by atoms with Crippen LogP contribution >= 0.6 is 0 Å². The monoisotopic (exact) mass is 195 g/mol. The summed E-state index contributed by atoms with van der Waals surface area (Å²) in [5, 5.41) is 0.886. The third-order valence-corrected chi connectivity index (χ3v) is 1.63. The smallest absolute Gasteiger partial charge is 0.424 e. The fourth-order valence-electron chi connectivity index (χ4n) is 0.861. The van der Waals surface area contributed by atoms with Gasteiger partial charge in [0.25, 0.3) is 0 Å². The first kappa shape index (κ1) is 10.3. The van der Waals surface area contributed by atoms with Gasteiger partial charge in [0.2, 0.25) is 0 Å². The molecule has 0 aromatic heterocycles. The molecule has 4 N–H and O–H groups in total. The van der Waals surface area contributed by atoms with E-state index in [2.05, 4.69) is 0 Å². The zero-order chi connectivity index (χ0) is 10.6. The number of hydrazine groups is 1. The number of nitrogens with zero attached hydrogens (tertiary/aromatic N) is 1. The summed E-state index contributed by atoms with van der Waals surface area (Å²) in [4.78, 5) is 10.9. The van der Waals surface area contributed by atoms with Gasteiger partial charge in [-0.25, -0.2) is 15.6 Å². The molecule has 0 aliphatic carbocycles. The van der Waals surface area contributed by atoms with E-state index >= 15 is 0 Å². The Morgan fingerprint density at radius 1 is 1.43 bits per heavy atom. The number of nitrogens with two attached hydrogens (primary N) is 2. The third-order valence-electron chi connectivity index (χ3n) is 1.63. The van der Waals surface area contributed by atoms with Gasteiger partial charge in [0, 0.05) is 12.7 Å². The molecule has 76 valence electrons. The van der Waals surface area contributed by atoms with Crippen molar-refractivity contribution in [1.29, 1.82) is 0 Å². The van der Waals surface area contributed by atoms with Gasteiger partial charge in [-0.3, -0.25) is 0 Å². The molecule has 0 spiro atoms. The summed E-state index contributed by atoms with van der Waals surface area (Å²) < 4.78 is 4.85. The second-order valence-electron chi connectivity index (χ2n) is 2.91. The average molecular weight is 195 g/mol. The molecule has 0 heterocycles. The van der Waals surface area contributed by atoms with Gasteiger partial charge in [-0.1, -0.05) is 12.1 Å². The maximum atomic E-state index is 10.9. The molecule has 0 bridgehead atoms. The molecule has 0 fully saturated rings. The quantitative estimate of drug-likeness (QED) is 0.315. The molecule has 14 heavy (non-hydrogen) atoms. The van der Waals surface area contributed by atoms with Gasteiger partial charge in [0.15, 0.2) is 0 Å². The lowest BCUT2D eigenvalue weighted by Gasteiger charge is -2.10. The minimum absolute atomic E-state index is 0.195. The number of carbonyl (C=O) groups excluding carboxylic acids is 1. The predicted octanol–water partition coefficient (Wildman–Crippen LogP) is 0.711. The van der Waals surface area contributed by atoms with Crippen molar-refractivity contribution in [2.45, 2.75) is 6.61 Å². The van der Waals surface area contributed by atoms with Crippen molar-refractivity contribution in [3.63, 3.8) is 0 Å².